The van der Waals surface area contributed by atoms with E-state index in [0.717, 1.165) is 114 Å². The summed E-state index contributed by atoms with van der Waals surface area (Å²) < 4.78 is 9.40. The molecule has 0 fully saturated rings. The molecule has 13 aromatic carbocycles. The Kier molecular flexibility index (Phi) is 11.4. The monoisotopic (exact) mass is 1130 g/mol. The van der Waals surface area contributed by atoms with E-state index in [2.05, 4.69) is 288 Å². The van der Waals surface area contributed by atoms with Crippen LogP contribution in [0.1, 0.15) is 5.56 Å². The molecule has 0 amide bonds. The summed E-state index contributed by atoms with van der Waals surface area (Å²) in [5.74, 6) is 0. The van der Waals surface area contributed by atoms with Crippen LogP contribution < -0.4 is 0 Å². The summed E-state index contributed by atoms with van der Waals surface area (Å²) in [4.78, 5) is 4.75. The maximum absolute atomic E-state index is 12.8. The highest BCUT2D eigenvalue weighted by Gasteiger charge is 2.34. The molecule has 0 aliphatic heterocycles. The van der Waals surface area contributed by atoms with E-state index in [1.165, 1.54) is 31.3 Å². The predicted octanol–water partition coefficient (Wildman–Crippen LogP) is 23.0. The molecule has 0 atom stereocenters. The van der Waals surface area contributed by atoms with Crippen molar-refractivity contribution in [3.05, 3.63) is 296 Å². The van der Waals surface area contributed by atoms with E-state index in [-0.39, 0.29) is 0 Å². The Morgan fingerprint density at radius 2 is 0.733 bits per heavy atom. The van der Waals surface area contributed by atoms with Crippen LogP contribution >= 0.6 is 22.7 Å². The van der Waals surface area contributed by atoms with Gasteiger partial charge in [-0.15, -0.1) is 22.7 Å². The van der Waals surface area contributed by atoms with Crippen molar-refractivity contribution in [3.8, 4) is 84.2 Å². The molecular formula is C80H46N4S2. The lowest BCUT2D eigenvalue weighted by Crippen LogP contribution is -2.09. The van der Waals surface area contributed by atoms with Gasteiger partial charge >= 0.3 is 0 Å². The van der Waals surface area contributed by atoms with Crippen LogP contribution in [0.25, 0.3) is 167 Å². The number of hydrogen-bond donors (Lipinski definition) is 0. The van der Waals surface area contributed by atoms with E-state index in [9.17, 15) is 11.8 Å². The Bertz CT molecular complexity index is 5490. The van der Waals surface area contributed by atoms with E-state index in [4.69, 9.17) is 4.85 Å². The standard InChI is InChI=1S/C80H46N4S2/c1-82-74-70(55-32-18-30-53(46-55)49-22-6-2-7-23-49)65(48-81)75(71(56-33-19-31-54(47-56)50-24-8-3-9-25-50)78(74)83-66-38-16-14-34-59(66)60-35-15-17-39-67(60)83)84-76-61(42-44-63-72-57(51-26-10-4-11-27-51)36-20-40-68(72)85-79(63)76)62-43-45-64-73-58(52-28-12-5-13-29-52)37-21-41-69(73)86-80(64)77(62)84/h2-47H. The lowest BCUT2D eigenvalue weighted by Gasteiger charge is -2.26. The first-order chi connectivity index (χ1) is 42.6. The summed E-state index contributed by atoms with van der Waals surface area (Å²) in [5, 5.41) is 21.8. The highest BCUT2D eigenvalue weighted by Crippen LogP contribution is 2.56. The minimum Gasteiger partial charge on any atom is -0.318 e. The second-order valence-corrected chi connectivity index (χ2v) is 24.1. The van der Waals surface area contributed by atoms with Gasteiger partial charge in [0.25, 0.3) is 0 Å². The van der Waals surface area contributed by atoms with Gasteiger partial charge in [-0.05, 0) is 92.0 Å². The van der Waals surface area contributed by atoms with Gasteiger partial charge in [0, 0.05) is 63.6 Å². The van der Waals surface area contributed by atoms with Gasteiger partial charge < -0.3 is 9.13 Å². The minimum atomic E-state index is 0.391. The van der Waals surface area contributed by atoms with Crippen LogP contribution in [0.3, 0.4) is 0 Å². The van der Waals surface area contributed by atoms with E-state index >= 15 is 0 Å². The third-order valence-corrected chi connectivity index (χ3v) is 19.7. The highest BCUT2D eigenvalue weighted by atomic mass is 32.1. The van der Waals surface area contributed by atoms with Crippen LogP contribution in [0.4, 0.5) is 5.69 Å². The smallest absolute Gasteiger partial charge is 0.220 e. The Morgan fingerprint density at radius 3 is 1.20 bits per heavy atom. The second kappa shape index (κ2) is 19.8. The average Bonchev–Trinajstić information content (AvgIpc) is 1.93. The molecule has 0 saturated carbocycles. The molecule has 4 heterocycles. The van der Waals surface area contributed by atoms with Gasteiger partial charge in [0.2, 0.25) is 5.69 Å². The summed E-state index contributed by atoms with van der Waals surface area (Å²) >= 11 is 3.62. The van der Waals surface area contributed by atoms with Crippen LogP contribution in [0.15, 0.2) is 279 Å². The van der Waals surface area contributed by atoms with Crippen LogP contribution in [-0.4, -0.2) is 9.13 Å². The summed E-state index contributed by atoms with van der Waals surface area (Å²) in [6, 6.07) is 102. The molecule has 0 bridgehead atoms. The fourth-order valence-corrected chi connectivity index (χ4v) is 16.3. The first kappa shape index (κ1) is 49.5. The summed E-state index contributed by atoms with van der Waals surface area (Å²) in [6.45, 7) is 9.75. The number of hydrogen-bond acceptors (Lipinski definition) is 3. The molecule has 4 nitrogen and oxygen atoms in total. The molecule has 0 spiro atoms. The van der Waals surface area contributed by atoms with E-state index in [1.807, 2.05) is 28.7 Å². The maximum Gasteiger partial charge on any atom is 0.220 e. The van der Waals surface area contributed by atoms with Crippen molar-refractivity contribution in [1.82, 2.24) is 9.13 Å². The van der Waals surface area contributed by atoms with Gasteiger partial charge in [-0.25, -0.2) is 4.85 Å². The lowest BCUT2D eigenvalue weighted by molar-refractivity contribution is 1.14. The van der Waals surface area contributed by atoms with E-state index in [1.54, 1.807) is 0 Å². The number of fused-ring (bicyclic) bond motifs is 14. The number of aromatic nitrogens is 2. The van der Waals surface area contributed by atoms with Crippen molar-refractivity contribution in [2.75, 3.05) is 0 Å². The third-order valence-electron chi connectivity index (χ3n) is 17.4. The number of benzene rings is 13. The van der Waals surface area contributed by atoms with Gasteiger partial charge in [0.1, 0.15) is 6.07 Å². The zero-order valence-corrected chi connectivity index (χ0v) is 47.8. The SMILES string of the molecule is [C-]#[N+]c1c(-c2cccc(-c3ccccc3)c2)c(C#N)c(-n2c3c(ccc4c3sc3cccc(-c5ccccc5)c34)c3ccc4c(sc5cccc(-c6ccccc6)c54)c32)c(-c2cccc(-c3ccccc3)c2)c1-n1c2ccccc2c2ccccc21. The molecule has 0 N–H and O–H groups in total. The molecule has 0 aliphatic carbocycles. The molecule has 17 rings (SSSR count). The van der Waals surface area contributed by atoms with Gasteiger partial charge in [0.05, 0.1) is 55.0 Å². The van der Waals surface area contributed by atoms with Crippen molar-refractivity contribution < 1.29 is 0 Å². The Morgan fingerprint density at radius 1 is 0.337 bits per heavy atom. The second-order valence-electron chi connectivity index (χ2n) is 22.0. The minimum absolute atomic E-state index is 0.391. The predicted molar refractivity (Wildman–Crippen MR) is 364 cm³/mol. The molecule has 0 radical (unpaired) electrons. The first-order valence-electron chi connectivity index (χ1n) is 28.8. The fraction of sp³-hybridized carbons (Fsp3) is 0. The highest BCUT2D eigenvalue weighted by molar-refractivity contribution is 7.27. The lowest BCUT2D eigenvalue weighted by atomic mass is 9.87. The van der Waals surface area contributed by atoms with Gasteiger partial charge in [-0.1, -0.05) is 243 Å². The molecule has 86 heavy (non-hydrogen) atoms. The third kappa shape index (κ3) is 7.45. The molecule has 6 heteroatoms. The fourth-order valence-electron chi connectivity index (χ4n) is 13.7. The van der Waals surface area contributed by atoms with E-state index < -0.39 is 0 Å². The van der Waals surface area contributed by atoms with Crippen molar-refractivity contribution in [1.29, 1.82) is 5.26 Å². The topological polar surface area (TPSA) is 38.0 Å². The van der Waals surface area contributed by atoms with Crippen LogP contribution in [0.2, 0.25) is 0 Å². The quantitative estimate of drug-likeness (QED) is 0.140. The number of para-hydroxylation sites is 2. The molecule has 0 saturated heterocycles. The zero-order valence-electron chi connectivity index (χ0n) is 46.2. The normalized spacial score (nSPS) is 11.7. The zero-order chi connectivity index (χ0) is 57.0. The first-order valence-corrected chi connectivity index (χ1v) is 30.5. The molecule has 398 valence electrons. The maximum atomic E-state index is 12.8. The van der Waals surface area contributed by atoms with E-state index in [0.29, 0.717) is 28.2 Å². The number of thiophene rings is 2. The average molecular weight is 1130 g/mol. The largest absolute Gasteiger partial charge is 0.318 e. The summed E-state index contributed by atoms with van der Waals surface area (Å²) in [5.41, 5.74) is 17.9. The Balaban J connectivity index is 1.15. The molecular weight excluding hydrogens is 1080 g/mol. The number of rotatable bonds is 8. The van der Waals surface area contributed by atoms with Crippen molar-refractivity contribution in [3.63, 3.8) is 0 Å². The number of nitriles is 1. The van der Waals surface area contributed by atoms with Crippen LogP contribution in [-0.2, 0) is 0 Å². The summed E-state index contributed by atoms with van der Waals surface area (Å²) in [7, 11) is 0. The molecule has 0 aliphatic rings. The van der Waals surface area contributed by atoms with Crippen LogP contribution in [0, 0.1) is 17.9 Å². The van der Waals surface area contributed by atoms with Gasteiger partial charge in [0.15, 0.2) is 0 Å². The van der Waals surface area contributed by atoms with Crippen LogP contribution in [0.5, 0.6) is 0 Å². The summed E-state index contributed by atoms with van der Waals surface area (Å²) in [6.07, 6.45) is 0. The molecule has 17 aromatic rings. The molecule has 0 unspecified atom stereocenters. The molecule has 4 aromatic heterocycles. The Labute approximate surface area is 503 Å². The Hall–Kier alpha value is -11.1. The van der Waals surface area contributed by atoms with Crippen molar-refractivity contribution in [2.45, 2.75) is 0 Å². The van der Waals surface area contributed by atoms with Gasteiger partial charge in [-0.3, -0.25) is 0 Å². The number of nitrogens with zero attached hydrogens (tertiary/aromatic N) is 4. The van der Waals surface area contributed by atoms with Crippen molar-refractivity contribution >= 4 is 112 Å². The van der Waals surface area contributed by atoms with Crippen molar-refractivity contribution in [2.24, 2.45) is 0 Å². The van der Waals surface area contributed by atoms with Gasteiger partial charge in [-0.2, -0.15) is 5.26 Å².